The summed E-state index contributed by atoms with van der Waals surface area (Å²) in [5.74, 6) is 0. The number of thiophene rings is 1. The first-order valence-electron chi connectivity index (χ1n) is 17.7. The molecule has 0 spiro atoms. The molecule has 1 heterocycles. The lowest BCUT2D eigenvalue weighted by Crippen LogP contribution is -2.16. The lowest BCUT2D eigenvalue weighted by Gasteiger charge is -2.30. The van der Waals surface area contributed by atoms with Crippen LogP contribution in [0, 0.1) is 0 Å². The number of fused-ring (bicyclic) bond motifs is 7. The lowest BCUT2D eigenvalue weighted by molar-refractivity contribution is 0.660. The molecule has 0 fully saturated rings. The SMILES string of the molecule is CC1(C)c2ccccc2-c2ccc(N(c3ccc(-c4cccc5ccccc45)cc3)c3cc4sc5ccccc5c4cc3-c3ccccc3)cc21. The molecule has 0 amide bonds. The van der Waals surface area contributed by atoms with E-state index in [0.717, 1.165) is 11.4 Å². The molecule has 1 nitrogen and oxygen atoms in total. The van der Waals surface area contributed by atoms with E-state index in [4.69, 9.17) is 0 Å². The smallest absolute Gasteiger partial charge is 0.0554 e. The summed E-state index contributed by atoms with van der Waals surface area (Å²) in [5, 5.41) is 5.14. The van der Waals surface area contributed by atoms with Gasteiger partial charge >= 0.3 is 0 Å². The van der Waals surface area contributed by atoms with E-state index in [0.29, 0.717) is 0 Å². The van der Waals surface area contributed by atoms with Crippen molar-refractivity contribution in [2.75, 3.05) is 4.90 Å². The van der Waals surface area contributed by atoms with Gasteiger partial charge in [-0.25, -0.2) is 0 Å². The third-order valence-electron chi connectivity index (χ3n) is 10.9. The molecule has 0 saturated heterocycles. The van der Waals surface area contributed by atoms with Crippen LogP contribution >= 0.6 is 11.3 Å². The molecule has 1 aromatic heterocycles. The number of hydrogen-bond donors (Lipinski definition) is 0. The monoisotopic (exact) mass is 669 g/mol. The summed E-state index contributed by atoms with van der Waals surface area (Å²) >= 11 is 1.87. The molecule has 9 aromatic rings. The Bertz CT molecular complexity index is 2770. The molecule has 242 valence electrons. The Labute approximate surface area is 302 Å². The summed E-state index contributed by atoms with van der Waals surface area (Å²) in [6.07, 6.45) is 0. The molecule has 1 aliphatic rings. The van der Waals surface area contributed by atoms with Crippen LogP contribution in [0.15, 0.2) is 176 Å². The third kappa shape index (κ3) is 4.75. The fourth-order valence-electron chi connectivity index (χ4n) is 8.32. The van der Waals surface area contributed by atoms with Crippen molar-refractivity contribution < 1.29 is 0 Å². The number of hydrogen-bond acceptors (Lipinski definition) is 2. The Morgan fingerprint density at radius 3 is 1.92 bits per heavy atom. The highest BCUT2D eigenvalue weighted by atomic mass is 32.1. The molecule has 0 radical (unpaired) electrons. The highest BCUT2D eigenvalue weighted by Crippen LogP contribution is 2.52. The van der Waals surface area contributed by atoms with E-state index in [1.165, 1.54) is 81.1 Å². The Morgan fingerprint density at radius 1 is 0.412 bits per heavy atom. The van der Waals surface area contributed by atoms with Crippen molar-refractivity contribution in [1.29, 1.82) is 0 Å². The molecular formula is C49H35NS. The number of nitrogens with zero attached hydrogens (tertiary/aromatic N) is 1. The molecule has 0 aliphatic heterocycles. The van der Waals surface area contributed by atoms with Gasteiger partial charge in [-0.3, -0.25) is 0 Å². The first-order chi connectivity index (χ1) is 25.0. The molecule has 0 unspecified atom stereocenters. The van der Waals surface area contributed by atoms with Crippen molar-refractivity contribution >= 4 is 59.3 Å². The van der Waals surface area contributed by atoms with Gasteiger partial charge in [0.15, 0.2) is 0 Å². The topological polar surface area (TPSA) is 3.24 Å². The van der Waals surface area contributed by atoms with E-state index in [-0.39, 0.29) is 5.41 Å². The standard InChI is InChI=1S/C49H35NS/c1-49(2)44-21-10-8-18-39(44)40-28-27-36(29-45(40)49)50(35-25-23-34(24-26-35)38-20-12-16-32-15-6-7-17-37(32)38)46-31-48-43(41-19-9-11-22-47(41)51-48)30-42(46)33-13-4-3-5-14-33/h3-31H,1-2H3. The number of rotatable bonds is 5. The minimum atomic E-state index is -0.108. The van der Waals surface area contributed by atoms with Crippen molar-refractivity contribution in [2.45, 2.75) is 19.3 Å². The molecule has 0 bridgehead atoms. The fraction of sp³-hybridized carbons (Fsp3) is 0.0612. The second kappa shape index (κ2) is 11.6. The van der Waals surface area contributed by atoms with E-state index < -0.39 is 0 Å². The van der Waals surface area contributed by atoms with Crippen molar-refractivity contribution in [3.63, 3.8) is 0 Å². The highest BCUT2D eigenvalue weighted by molar-refractivity contribution is 7.25. The van der Waals surface area contributed by atoms with Gasteiger partial charge in [-0.1, -0.05) is 147 Å². The summed E-state index contributed by atoms with van der Waals surface area (Å²) in [4.78, 5) is 2.48. The molecule has 0 saturated carbocycles. The second-order valence-corrected chi connectivity index (χ2v) is 15.2. The summed E-state index contributed by atoms with van der Waals surface area (Å²) < 4.78 is 2.60. The Hall–Kier alpha value is -5.96. The van der Waals surface area contributed by atoms with Gasteiger partial charge in [0.1, 0.15) is 0 Å². The fourth-order valence-corrected chi connectivity index (χ4v) is 9.44. The van der Waals surface area contributed by atoms with Gasteiger partial charge in [-0.2, -0.15) is 0 Å². The van der Waals surface area contributed by atoms with Gasteiger partial charge in [-0.15, -0.1) is 11.3 Å². The normalized spacial score (nSPS) is 13.1. The van der Waals surface area contributed by atoms with Crippen molar-refractivity contribution in [3.05, 3.63) is 187 Å². The average Bonchev–Trinajstić information content (AvgIpc) is 3.66. The van der Waals surface area contributed by atoms with Crippen LogP contribution in [0.4, 0.5) is 17.1 Å². The van der Waals surface area contributed by atoms with Crippen LogP contribution in [-0.4, -0.2) is 0 Å². The van der Waals surface area contributed by atoms with E-state index in [1.807, 2.05) is 11.3 Å². The first kappa shape index (κ1) is 29.9. The van der Waals surface area contributed by atoms with E-state index in [1.54, 1.807) is 0 Å². The van der Waals surface area contributed by atoms with Crippen LogP contribution in [0.5, 0.6) is 0 Å². The molecule has 51 heavy (non-hydrogen) atoms. The zero-order valence-electron chi connectivity index (χ0n) is 28.6. The predicted molar refractivity (Wildman–Crippen MR) is 220 cm³/mol. The Morgan fingerprint density at radius 2 is 1.06 bits per heavy atom. The maximum Gasteiger partial charge on any atom is 0.0554 e. The van der Waals surface area contributed by atoms with Gasteiger partial charge in [-0.05, 0) is 92.2 Å². The Balaban J connectivity index is 1.22. The minimum Gasteiger partial charge on any atom is -0.310 e. The lowest BCUT2D eigenvalue weighted by atomic mass is 9.82. The molecule has 10 rings (SSSR count). The van der Waals surface area contributed by atoms with E-state index >= 15 is 0 Å². The second-order valence-electron chi connectivity index (χ2n) is 14.1. The Kier molecular flexibility index (Phi) is 6.78. The summed E-state index contributed by atoms with van der Waals surface area (Å²) in [6, 6.07) is 64.9. The average molecular weight is 670 g/mol. The number of anilines is 3. The maximum absolute atomic E-state index is 2.48. The predicted octanol–water partition coefficient (Wildman–Crippen LogP) is 14.3. The molecular weight excluding hydrogens is 635 g/mol. The molecule has 0 atom stereocenters. The van der Waals surface area contributed by atoms with E-state index in [2.05, 4.69) is 195 Å². The zero-order valence-corrected chi connectivity index (χ0v) is 29.4. The van der Waals surface area contributed by atoms with Crippen LogP contribution in [0.2, 0.25) is 0 Å². The van der Waals surface area contributed by atoms with Crippen molar-refractivity contribution in [2.24, 2.45) is 0 Å². The molecule has 1 aliphatic carbocycles. The van der Waals surface area contributed by atoms with Gasteiger partial charge in [0.2, 0.25) is 0 Å². The number of benzene rings is 8. The molecule has 8 aromatic carbocycles. The maximum atomic E-state index is 2.48. The molecule has 2 heteroatoms. The van der Waals surface area contributed by atoms with Crippen LogP contribution in [0.3, 0.4) is 0 Å². The van der Waals surface area contributed by atoms with Crippen LogP contribution in [-0.2, 0) is 5.41 Å². The highest BCUT2D eigenvalue weighted by Gasteiger charge is 2.36. The first-order valence-corrected chi connectivity index (χ1v) is 18.5. The van der Waals surface area contributed by atoms with Gasteiger partial charge in [0.25, 0.3) is 0 Å². The summed E-state index contributed by atoms with van der Waals surface area (Å²) in [7, 11) is 0. The van der Waals surface area contributed by atoms with Crippen LogP contribution < -0.4 is 4.90 Å². The zero-order chi connectivity index (χ0) is 34.1. The molecule has 0 N–H and O–H groups in total. The van der Waals surface area contributed by atoms with Crippen molar-refractivity contribution in [1.82, 2.24) is 0 Å². The van der Waals surface area contributed by atoms with Gasteiger partial charge in [0.05, 0.1) is 5.69 Å². The van der Waals surface area contributed by atoms with Gasteiger partial charge < -0.3 is 4.90 Å². The van der Waals surface area contributed by atoms with Crippen LogP contribution in [0.25, 0.3) is 64.3 Å². The summed E-state index contributed by atoms with van der Waals surface area (Å²) in [5.41, 5.74) is 13.7. The van der Waals surface area contributed by atoms with Crippen LogP contribution in [0.1, 0.15) is 25.0 Å². The van der Waals surface area contributed by atoms with E-state index in [9.17, 15) is 0 Å². The third-order valence-corrected chi connectivity index (χ3v) is 12.0. The van der Waals surface area contributed by atoms with Gasteiger partial charge in [0, 0.05) is 42.5 Å². The largest absolute Gasteiger partial charge is 0.310 e. The minimum absolute atomic E-state index is 0.108. The summed E-state index contributed by atoms with van der Waals surface area (Å²) in [6.45, 7) is 4.73. The van der Waals surface area contributed by atoms with Crippen molar-refractivity contribution in [3.8, 4) is 33.4 Å². The quantitative estimate of drug-likeness (QED) is 0.176.